The molecule has 0 saturated heterocycles. The normalized spacial score (nSPS) is 12.2. The summed E-state index contributed by atoms with van der Waals surface area (Å²) in [4.78, 5) is 38.1. The maximum Gasteiger partial charge on any atom is 0.306 e. The molecule has 0 radical (unpaired) electrons. The summed E-state index contributed by atoms with van der Waals surface area (Å²) < 4.78 is 16.9. The van der Waals surface area contributed by atoms with Crippen LogP contribution in [0.1, 0.15) is 400 Å². The number of rotatable bonds is 67. The van der Waals surface area contributed by atoms with Gasteiger partial charge in [0, 0.05) is 19.3 Å². The van der Waals surface area contributed by atoms with Crippen molar-refractivity contribution in [3.05, 3.63) is 36.5 Å². The Balaban J connectivity index is 3.96. The minimum Gasteiger partial charge on any atom is -0.462 e. The van der Waals surface area contributed by atoms with Crippen molar-refractivity contribution in [2.45, 2.75) is 406 Å². The SMILES string of the molecule is CCCCCCC/C=C\C/C=C\C/C=C\CCCCCCCCCCCCCCCCCCC(=O)OCC(COC(=O)CCCCCCCC)OC(=O)CCCCCCCCCCCCCCCCCCCCCCCCCCC. The van der Waals surface area contributed by atoms with Gasteiger partial charge in [-0.05, 0) is 57.8 Å². The third kappa shape index (κ3) is 66.4. The molecule has 0 amide bonds. The van der Waals surface area contributed by atoms with Gasteiger partial charge in [-0.3, -0.25) is 14.4 Å². The molecule has 0 aromatic rings. The second kappa shape index (κ2) is 69.1. The van der Waals surface area contributed by atoms with Gasteiger partial charge in [0.05, 0.1) is 0 Å². The van der Waals surface area contributed by atoms with E-state index in [0.717, 1.165) is 70.6 Å². The van der Waals surface area contributed by atoms with Crippen molar-refractivity contribution in [1.82, 2.24) is 0 Å². The fraction of sp³-hybridized carbons (Fsp3) is 0.878. The lowest BCUT2D eigenvalue weighted by molar-refractivity contribution is -0.167. The topological polar surface area (TPSA) is 78.9 Å². The molecule has 0 aliphatic carbocycles. The van der Waals surface area contributed by atoms with Crippen LogP contribution >= 0.6 is 0 Å². The molecule has 1 unspecified atom stereocenters. The number of carbonyl (C=O) groups excluding carboxylic acids is 3. The quantitative estimate of drug-likeness (QED) is 0.0261. The first kappa shape index (κ1) is 77.6. The maximum atomic E-state index is 12.9. The molecular formula is C74H138O6. The molecule has 1 atom stereocenters. The molecule has 80 heavy (non-hydrogen) atoms. The van der Waals surface area contributed by atoms with E-state index in [4.69, 9.17) is 14.2 Å². The third-order valence-electron chi connectivity index (χ3n) is 16.4. The molecule has 6 heteroatoms. The second-order valence-electron chi connectivity index (χ2n) is 24.5. The van der Waals surface area contributed by atoms with Crippen LogP contribution in [0.15, 0.2) is 36.5 Å². The highest BCUT2D eigenvalue weighted by Gasteiger charge is 2.19. The van der Waals surface area contributed by atoms with Crippen LogP contribution in [0.3, 0.4) is 0 Å². The van der Waals surface area contributed by atoms with E-state index >= 15 is 0 Å². The van der Waals surface area contributed by atoms with Crippen LogP contribution in [0.4, 0.5) is 0 Å². The summed E-state index contributed by atoms with van der Waals surface area (Å²) in [5.41, 5.74) is 0. The van der Waals surface area contributed by atoms with Gasteiger partial charge in [-0.2, -0.15) is 0 Å². The molecule has 0 aromatic carbocycles. The highest BCUT2D eigenvalue weighted by Crippen LogP contribution is 2.19. The zero-order valence-electron chi connectivity index (χ0n) is 54.1. The number of hydrogen-bond acceptors (Lipinski definition) is 6. The number of esters is 3. The summed E-state index contributed by atoms with van der Waals surface area (Å²) in [5, 5.41) is 0. The third-order valence-corrected chi connectivity index (χ3v) is 16.4. The molecule has 470 valence electrons. The maximum absolute atomic E-state index is 12.9. The standard InChI is InChI=1S/C74H138O6/c1-4-7-10-13-16-18-20-22-24-26-28-30-32-34-35-36-37-38-39-41-42-44-46-48-50-52-54-56-58-61-64-67-73(76)79-70-71(69-78-72(75)66-63-60-15-12-9-6-3)80-74(77)68-65-62-59-57-55-53-51-49-47-45-43-40-33-31-29-27-25-23-21-19-17-14-11-8-5-2/h20,22,26,28,32,34,71H,4-19,21,23-25,27,29-31,33,35-70H2,1-3H3/b22-20-,28-26-,34-32-. The lowest BCUT2D eigenvalue weighted by atomic mass is 10.0. The van der Waals surface area contributed by atoms with Crippen molar-refractivity contribution >= 4 is 17.9 Å². The van der Waals surface area contributed by atoms with Gasteiger partial charge in [-0.25, -0.2) is 0 Å². The van der Waals surface area contributed by atoms with Crippen LogP contribution in [-0.2, 0) is 28.6 Å². The Morgan fingerprint density at radius 1 is 0.250 bits per heavy atom. The number of hydrogen-bond donors (Lipinski definition) is 0. The second-order valence-corrected chi connectivity index (χ2v) is 24.5. The van der Waals surface area contributed by atoms with E-state index in [1.165, 1.54) is 289 Å². The summed E-state index contributed by atoms with van der Waals surface area (Å²) in [6, 6.07) is 0. The molecule has 0 fully saturated rings. The molecule has 0 aliphatic rings. The molecule has 6 nitrogen and oxygen atoms in total. The monoisotopic (exact) mass is 1120 g/mol. The average molecular weight is 1120 g/mol. The number of carbonyl (C=O) groups is 3. The molecule has 0 rings (SSSR count). The summed E-state index contributed by atoms with van der Waals surface area (Å²) in [6.45, 7) is 6.64. The highest BCUT2D eigenvalue weighted by atomic mass is 16.6. The highest BCUT2D eigenvalue weighted by molar-refractivity contribution is 5.71. The van der Waals surface area contributed by atoms with Crippen molar-refractivity contribution in [2.24, 2.45) is 0 Å². The van der Waals surface area contributed by atoms with Crippen LogP contribution in [0.2, 0.25) is 0 Å². The van der Waals surface area contributed by atoms with Crippen LogP contribution in [0, 0.1) is 0 Å². The van der Waals surface area contributed by atoms with E-state index in [2.05, 4.69) is 57.2 Å². The fourth-order valence-corrected chi connectivity index (χ4v) is 11.0. The summed E-state index contributed by atoms with van der Waals surface area (Å²) in [7, 11) is 0. The van der Waals surface area contributed by atoms with Crippen LogP contribution in [0.25, 0.3) is 0 Å². The lowest BCUT2D eigenvalue weighted by Gasteiger charge is -2.18. The van der Waals surface area contributed by atoms with Crippen LogP contribution < -0.4 is 0 Å². The van der Waals surface area contributed by atoms with Gasteiger partial charge in [0.2, 0.25) is 0 Å². The summed E-state index contributed by atoms with van der Waals surface area (Å²) in [6.07, 6.45) is 86.6. The Morgan fingerprint density at radius 3 is 0.700 bits per heavy atom. The smallest absolute Gasteiger partial charge is 0.306 e. The zero-order chi connectivity index (χ0) is 57.8. The van der Waals surface area contributed by atoms with Crippen LogP contribution in [-0.4, -0.2) is 37.2 Å². The molecule has 0 spiro atoms. The zero-order valence-corrected chi connectivity index (χ0v) is 54.1. The van der Waals surface area contributed by atoms with E-state index in [1.54, 1.807) is 0 Å². The molecule has 0 saturated carbocycles. The Morgan fingerprint density at radius 2 is 0.450 bits per heavy atom. The van der Waals surface area contributed by atoms with Gasteiger partial charge in [-0.15, -0.1) is 0 Å². The summed E-state index contributed by atoms with van der Waals surface area (Å²) in [5.74, 6) is -0.848. The van der Waals surface area contributed by atoms with E-state index in [1.807, 2.05) is 0 Å². The molecule has 0 bridgehead atoms. The van der Waals surface area contributed by atoms with Crippen molar-refractivity contribution in [3.63, 3.8) is 0 Å². The lowest BCUT2D eigenvalue weighted by Crippen LogP contribution is -2.30. The minimum atomic E-state index is -0.766. The van der Waals surface area contributed by atoms with Crippen molar-refractivity contribution in [3.8, 4) is 0 Å². The van der Waals surface area contributed by atoms with E-state index in [9.17, 15) is 14.4 Å². The first-order valence-corrected chi connectivity index (χ1v) is 36.0. The summed E-state index contributed by atoms with van der Waals surface area (Å²) >= 11 is 0. The molecule has 0 aromatic heterocycles. The number of allylic oxidation sites excluding steroid dienone is 6. The van der Waals surface area contributed by atoms with Crippen molar-refractivity contribution in [1.29, 1.82) is 0 Å². The van der Waals surface area contributed by atoms with Gasteiger partial charge < -0.3 is 14.2 Å². The first-order valence-electron chi connectivity index (χ1n) is 36.0. The van der Waals surface area contributed by atoms with Crippen molar-refractivity contribution in [2.75, 3.05) is 13.2 Å². The van der Waals surface area contributed by atoms with Gasteiger partial charge in [0.25, 0.3) is 0 Å². The van der Waals surface area contributed by atoms with Gasteiger partial charge in [0.1, 0.15) is 13.2 Å². The Labute approximate surface area is 499 Å². The Bertz CT molecular complexity index is 1340. The molecule has 0 N–H and O–H groups in total. The number of ether oxygens (including phenoxy) is 3. The van der Waals surface area contributed by atoms with Crippen LogP contribution in [0.5, 0.6) is 0 Å². The van der Waals surface area contributed by atoms with Crippen molar-refractivity contribution < 1.29 is 28.6 Å². The Kier molecular flexibility index (Phi) is 67.1. The van der Waals surface area contributed by atoms with E-state index < -0.39 is 6.10 Å². The molecule has 0 heterocycles. The molecule has 0 aliphatic heterocycles. The van der Waals surface area contributed by atoms with Gasteiger partial charge in [0.15, 0.2) is 6.10 Å². The van der Waals surface area contributed by atoms with E-state index in [-0.39, 0.29) is 31.1 Å². The Hall–Kier alpha value is -2.37. The largest absolute Gasteiger partial charge is 0.462 e. The first-order chi connectivity index (χ1) is 39.5. The fourth-order valence-electron chi connectivity index (χ4n) is 11.0. The van der Waals surface area contributed by atoms with E-state index in [0.29, 0.717) is 19.3 Å². The predicted octanol–water partition coefficient (Wildman–Crippen LogP) is 24.7. The van der Waals surface area contributed by atoms with Gasteiger partial charge >= 0.3 is 17.9 Å². The molecular weight excluding hydrogens is 985 g/mol. The number of unbranched alkanes of at least 4 members (excludes halogenated alkanes) is 50. The van der Waals surface area contributed by atoms with Gasteiger partial charge in [-0.1, -0.05) is 359 Å². The minimum absolute atomic E-state index is 0.0663. The predicted molar refractivity (Wildman–Crippen MR) is 349 cm³/mol. The average Bonchev–Trinajstić information content (AvgIpc) is 3.46.